The highest BCUT2D eigenvalue weighted by atomic mass is 19.1. The molecule has 1 aromatic heterocycles. The minimum Gasteiger partial charge on any atom is -0.376 e. The highest BCUT2D eigenvalue weighted by molar-refractivity contribution is 5.21. The summed E-state index contributed by atoms with van der Waals surface area (Å²) in [4.78, 5) is 7.61. The summed E-state index contributed by atoms with van der Waals surface area (Å²) in [5.41, 5.74) is 5.82. The van der Waals surface area contributed by atoms with Gasteiger partial charge in [-0.3, -0.25) is 0 Å². The van der Waals surface area contributed by atoms with Gasteiger partial charge in [0.15, 0.2) is 5.82 Å². The lowest BCUT2D eigenvalue weighted by Crippen LogP contribution is -2.31. The van der Waals surface area contributed by atoms with Gasteiger partial charge in [-0.2, -0.15) is 0 Å². The average molecular weight is 254 g/mol. The first-order valence-electron chi connectivity index (χ1n) is 6.32. The van der Waals surface area contributed by atoms with Gasteiger partial charge in [-0.1, -0.05) is 0 Å². The highest BCUT2D eigenvalue weighted by Gasteiger charge is 2.18. The van der Waals surface area contributed by atoms with Crippen LogP contribution >= 0.6 is 0 Å². The van der Waals surface area contributed by atoms with Crippen molar-refractivity contribution in [3.8, 4) is 0 Å². The van der Waals surface area contributed by atoms with Gasteiger partial charge in [0.05, 0.1) is 25.1 Å². The van der Waals surface area contributed by atoms with Crippen molar-refractivity contribution in [3.63, 3.8) is 0 Å². The van der Waals surface area contributed by atoms with E-state index in [0.717, 1.165) is 38.1 Å². The van der Waals surface area contributed by atoms with E-state index in [-0.39, 0.29) is 0 Å². The molecule has 18 heavy (non-hydrogen) atoms. The third-order valence-corrected chi connectivity index (χ3v) is 3.08. The topological polar surface area (TPSA) is 73.1 Å². The third kappa shape index (κ3) is 4.19. The van der Waals surface area contributed by atoms with Crippen molar-refractivity contribution < 1.29 is 9.13 Å². The molecule has 1 aliphatic rings. The Kier molecular flexibility index (Phi) is 4.83. The lowest BCUT2D eigenvalue weighted by atomic mass is 9.94. The van der Waals surface area contributed by atoms with Gasteiger partial charge in [0.25, 0.3) is 0 Å². The molecule has 0 unspecified atom stereocenters. The molecule has 1 aliphatic carbocycles. The molecule has 1 aromatic rings. The zero-order valence-corrected chi connectivity index (χ0v) is 10.3. The van der Waals surface area contributed by atoms with Crippen LogP contribution in [0.5, 0.6) is 0 Å². The number of ether oxygens (including phenoxy) is 1. The van der Waals surface area contributed by atoms with Crippen LogP contribution in [-0.2, 0) is 4.74 Å². The van der Waals surface area contributed by atoms with Crippen LogP contribution in [0.3, 0.4) is 0 Å². The number of nitrogens with zero attached hydrogens (tertiary/aromatic N) is 2. The summed E-state index contributed by atoms with van der Waals surface area (Å²) < 4.78 is 18.3. The summed E-state index contributed by atoms with van der Waals surface area (Å²) in [5, 5.41) is 2.98. The van der Waals surface area contributed by atoms with Crippen molar-refractivity contribution in [2.75, 3.05) is 18.5 Å². The molecule has 0 spiro atoms. The third-order valence-electron chi connectivity index (χ3n) is 3.08. The van der Waals surface area contributed by atoms with E-state index in [0.29, 0.717) is 31.2 Å². The van der Waals surface area contributed by atoms with Crippen LogP contribution in [0.4, 0.5) is 10.3 Å². The summed E-state index contributed by atoms with van der Waals surface area (Å²) in [6.07, 6.45) is 6.75. The molecule has 0 saturated heterocycles. The monoisotopic (exact) mass is 254 g/mol. The number of rotatable bonds is 5. The van der Waals surface area contributed by atoms with Gasteiger partial charge >= 0.3 is 0 Å². The zero-order chi connectivity index (χ0) is 12.8. The van der Waals surface area contributed by atoms with E-state index in [1.54, 1.807) is 0 Å². The fourth-order valence-electron chi connectivity index (χ4n) is 2.05. The Morgan fingerprint density at radius 1 is 1.28 bits per heavy atom. The maximum absolute atomic E-state index is 12.6. The van der Waals surface area contributed by atoms with E-state index in [9.17, 15) is 4.39 Å². The van der Waals surface area contributed by atoms with E-state index in [1.165, 1.54) is 0 Å². The first-order valence-corrected chi connectivity index (χ1v) is 6.32. The fourth-order valence-corrected chi connectivity index (χ4v) is 2.05. The molecule has 0 amide bonds. The maximum Gasteiger partial charge on any atom is 0.222 e. The van der Waals surface area contributed by atoms with Crippen LogP contribution in [0.1, 0.15) is 25.7 Å². The standard InChI is InChI=1S/C12H19FN4O/c13-9-7-16-12(17-8-9)15-5-6-18-11-3-1-10(14)2-4-11/h7-8,10-11H,1-6,14H2,(H,15,16,17). The van der Waals surface area contributed by atoms with E-state index in [2.05, 4.69) is 15.3 Å². The lowest BCUT2D eigenvalue weighted by Gasteiger charge is -2.26. The van der Waals surface area contributed by atoms with Crippen molar-refractivity contribution in [1.29, 1.82) is 0 Å². The summed E-state index contributed by atoms with van der Waals surface area (Å²) in [5.74, 6) is -0.0130. The lowest BCUT2D eigenvalue weighted by molar-refractivity contribution is 0.0312. The van der Waals surface area contributed by atoms with Gasteiger partial charge in [0.2, 0.25) is 5.95 Å². The van der Waals surface area contributed by atoms with Crippen LogP contribution in [0.15, 0.2) is 12.4 Å². The molecule has 6 heteroatoms. The van der Waals surface area contributed by atoms with Crippen LogP contribution in [-0.4, -0.2) is 35.3 Å². The molecule has 1 fully saturated rings. The first-order chi connectivity index (χ1) is 8.74. The van der Waals surface area contributed by atoms with Gasteiger partial charge < -0.3 is 15.8 Å². The SMILES string of the molecule is NC1CCC(OCCNc2ncc(F)cn2)CC1. The van der Waals surface area contributed by atoms with Crippen molar-refractivity contribution >= 4 is 5.95 Å². The summed E-state index contributed by atoms with van der Waals surface area (Å²) in [6.45, 7) is 1.22. The summed E-state index contributed by atoms with van der Waals surface area (Å²) in [6, 6.07) is 0.343. The second-order valence-corrected chi connectivity index (χ2v) is 4.56. The molecule has 1 saturated carbocycles. The van der Waals surface area contributed by atoms with Crippen LogP contribution in [0.2, 0.25) is 0 Å². The predicted molar refractivity (Wildman–Crippen MR) is 66.7 cm³/mol. The number of hydrogen-bond acceptors (Lipinski definition) is 5. The minimum absolute atomic E-state index is 0.320. The van der Waals surface area contributed by atoms with E-state index in [4.69, 9.17) is 10.5 Å². The van der Waals surface area contributed by atoms with Gasteiger partial charge in [-0.25, -0.2) is 14.4 Å². The number of hydrogen-bond donors (Lipinski definition) is 2. The Morgan fingerprint density at radius 3 is 2.61 bits per heavy atom. The molecular weight excluding hydrogens is 235 g/mol. The molecule has 0 aromatic carbocycles. The van der Waals surface area contributed by atoms with Crippen LogP contribution in [0, 0.1) is 5.82 Å². The summed E-state index contributed by atoms with van der Waals surface area (Å²) in [7, 11) is 0. The maximum atomic E-state index is 12.6. The molecule has 0 atom stereocenters. The number of halogens is 1. The molecule has 100 valence electrons. The fraction of sp³-hybridized carbons (Fsp3) is 0.667. The smallest absolute Gasteiger partial charge is 0.222 e. The molecule has 3 N–H and O–H groups in total. The largest absolute Gasteiger partial charge is 0.376 e. The van der Waals surface area contributed by atoms with Crippen LogP contribution < -0.4 is 11.1 Å². The molecular formula is C12H19FN4O. The molecule has 0 bridgehead atoms. The van der Waals surface area contributed by atoms with E-state index >= 15 is 0 Å². The van der Waals surface area contributed by atoms with Crippen molar-refractivity contribution in [3.05, 3.63) is 18.2 Å². The van der Waals surface area contributed by atoms with Gasteiger partial charge in [0, 0.05) is 12.6 Å². The Balaban J connectivity index is 1.60. The average Bonchev–Trinajstić information content (AvgIpc) is 2.39. The van der Waals surface area contributed by atoms with Gasteiger partial charge in [0.1, 0.15) is 0 Å². The van der Waals surface area contributed by atoms with Crippen LogP contribution in [0.25, 0.3) is 0 Å². The van der Waals surface area contributed by atoms with Gasteiger partial charge in [-0.15, -0.1) is 0 Å². The molecule has 0 aliphatic heterocycles. The molecule has 2 rings (SSSR count). The Morgan fingerprint density at radius 2 is 1.94 bits per heavy atom. The van der Waals surface area contributed by atoms with Crippen molar-refractivity contribution in [2.24, 2.45) is 5.73 Å². The summed E-state index contributed by atoms with van der Waals surface area (Å²) >= 11 is 0. The van der Waals surface area contributed by atoms with Gasteiger partial charge in [-0.05, 0) is 25.7 Å². The second kappa shape index (κ2) is 6.61. The van der Waals surface area contributed by atoms with E-state index in [1.807, 2.05) is 0 Å². The first kappa shape index (κ1) is 13.2. The Labute approximate surface area is 106 Å². The number of anilines is 1. The quantitative estimate of drug-likeness (QED) is 0.775. The van der Waals surface area contributed by atoms with Crippen molar-refractivity contribution in [2.45, 2.75) is 37.8 Å². The number of nitrogens with one attached hydrogen (secondary N) is 1. The number of aromatic nitrogens is 2. The molecule has 5 nitrogen and oxygen atoms in total. The van der Waals surface area contributed by atoms with Crippen molar-refractivity contribution in [1.82, 2.24) is 9.97 Å². The molecule has 1 heterocycles. The zero-order valence-electron chi connectivity index (χ0n) is 10.3. The second-order valence-electron chi connectivity index (χ2n) is 4.56. The predicted octanol–water partition coefficient (Wildman–Crippen LogP) is 1.31. The number of nitrogens with two attached hydrogens (primary N) is 1. The van der Waals surface area contributed by atoms with E-state index < -0.39 is 5.82 Å². The molecule has 0 radical (unpaired) electrons. The normalized spacial score (nSPS) is 23.9. The highest BCUT2D eigenvalue weighted by Crippen LogP contribution is 2.19. The Hall–Kier alpha value is -1.27. The minimum atomic E-state index is -0.435. The Bertz CT molecular complexity index is 352.